The minimum absolute atomic E-state index is 0.0249. The lowest BCUT2D eigenvalue weighted by atomic mass is 10.0. The third kappa shape index (κ3) is 5.93. The van der Waals surface area contributed by atoms with Gasteiger partial charge < -0.3 is 14.8 Å². The van der Waals surface area contributed by atoms with E-state index in [1.165, 1.54) is 0 Å². The van der Waals surface area contributed by atoms with Gasteiger partial charge in [0.15, 0.2) is 0 Å². The Balaban J connectivity index is 2.79. The highest BCUT2D eigenvalue weighted by molar-refractivity contribution is 5.35. The summed E-state index contributed by atoms with van der Waals surface area (Å²) in [5.41, 5.74) is 1.19. The molecule has 1 N–H and O–H groups in total. The van der Waals surface area contributed by atoms with Gasteiger partial charge in [0.2, 0.25) is 0 Å². The normalized spacial score (nSPS) is 13.2. The Morgan fingerprint density at radius 1 is 1.20 bits per heavy atom. The van der Waals surface area contributed by atoms with E-state index in [1.807, 2.05) is 18.2 Å². The Morgan fingerprint density at radius 2 is 1.90 bits per heavy atom. The lowest BCUT2D eigenvalue weighted by molar-refractivity contribution is 0.0448. The van der Waals surface area contributed by atoms with Gasteiger partial charge in [-0.1, -0.05) is 31.5 Å². The molecule has 0 aliphatic rings. The topological polar surface area (TPSA) is 30.5 Å². The molecule has 0 amide bonds. The summed E-state index contributed by atoms with van der Waals surface area (Å²) in [4.78, 5) is 0. The quantitative estimate of drug-likeness (QED) is 0.731. The van der Waals surface area contributed by atoms with Crippen molar-refractivity contribution in [2.45, 2.75) is 52.2 Å². The molecule has 0 fully saturated rings. The largest absolute Gasteiger partial charge is 0.496 e. The summed E-state index contributed by atoms with van der Waals surface area (Å²) in [6, 6.07) is 8.09. The molecule has 114 valence electrons. The zero-order valence-electron chi connectivity index (χ0n) is 13.5. The van der Waals surface area contributed by atoms with Crippen molar-refractivity contribution in [2.75, 3.05) is 20.3 Å². The average Bonchev–Trinajstić information content (AvgIpc) is 2.41. The summed E-state index contributed by atoms with van der Waals surface area (Å²) in [7, 11) is 1.71. The predicted octanol–water partition coefficient (Wildman–Crippen LogP) is 3.94. The van der Waals surface area contributed by atoms with Crippen LogP contribution < -0.4 is 10.1 Å². The number of rotatable bonds is 8. The third-order valence-corrected chi connectivity index (χ3v) is 3.12. The molecule has 1 unspecified atom stereocenters. The summed E-state index contributed by atoms with van der Waals surface area (Å²) in [6.45, 7) is 10.2. The fourth-order valence-electron chi connectivity index (χ4n) is 1.96. The summed E-state index contributed by atoms with van der Waals surface area (Å²) >= 11 is 0. The van der Waals surface area contributed by atoms with Crippen molar-refractivity contribution in [1.29, 1.82) is 0 Å². The molecule has 1 aromatic rings. The Hall–Kier alpha value is -1.06. The highest BCUT2D eigenvalue weighted by Gasteiger charge is 2.19. The Kier molecular flexibility index (Phi) is 7.03. The smallest absolute Gasteiger partial charge is 0.124 e. The van der Waals surface area contributed by atoms with Crippen molar-refractivity contribution in [3.8, 4) is 5.75 Å². The van der Waals surface area contributed by atoms with Crippen molar-refractivity contribution in [3.63, 3.8) is 0 Å². The van der Waals surface area contributed by atoms with Crippen LogP contribution in [0.25, 0.3) is 0 Å². The first-order chi connectivity index (χ1) is 9.48. The number of ether oxygens (including phenoxy) is 2. The highest BCUT2D eigenvalue weighted by Crippen LogP contribution is 2.27. The first-order valence-corrected chi connectivity index (χ1v) is 7.47. The molecule has 0 bridgehead atoms. The lowest BCUT2D eigenvalue weighted by Gasteiger charge is -2.26. The molecule has 1 aromatic carbocycles. The molecule has 3 nitrogen and oxygen atoms in total. The maximum absolute atomic E-state index is 6.06. The number of hydrogen-bond donors (Lipinski definition) is 1. The van der Waals surface area contributed by atoms with Gasteiger partial charge in [0.1, 0.15) is 5.75 Å². The predicted molar refractivity (Wildman–Crippen MR) is 84.4 cm³/mol. The molecule has 0 radical (unpaired) electrons. The molecule has 0 aromatic heterocycles. The monoisotopic (exact) mass is 279 g/mol. The standard InChI is InChI=1S/C17H29NO2/c1-6-7-12-20-16(13-18-17(2,3)4)14-10-8-9-11-15(14)19-5/h8-11,16,18H,6-7,12-13H2,1-5H3. The molecule has 0 spiro atoms. The van der Waals surface area contributed by atoms with Crippen LogP contribution in [0.1, 0.15) is 52.2 Å². The Bertz CT molecular complexity index is 385. The number of methoxy groups -OCH3 is 1. The molecule has 0 aliphatic heterocycles. The van der Waals surface area contributed by atoms with Gasteiger partial charge >= 0.3 is 0 Å². The minimum Gasteiger partial charge on any atom is -0.496 e. The van der Waals surface area contributed by atoms with Gasteiger partial charge in [0, 0.05) is 24.3 Å². The zero-order valence-corrected chi connectivity index (χ0v) is 13.5. The van der Waals surface area contributed by atoms with Gasteiger partial charge in [-0.15, -0.1) is 0 Å². The van der Waals surface area contributed by atoms with Gasteiger partial charge in [-0.3, -0.25) is 0 Å². The fraction of sp³-hybridized carbons (Fsp3) is 0.647. The molecule has 0 aliphatic carbocycles. The fourth-order valence-corrected chi connectivity index (χ4v) is 1.96. The highest BCUT2D eigenvalue weighted by atomic mass is 16.5. The Labute approximate surface area is 123 Å². The number of para-hydroxylation sites is 1. The summed E-state index contributed by atoms with van der Waals surface area (Å²) in [5, 5.41) is 3.52. The van der Waals surface area contributed by atoms with E-state index in [4.69, 9.17) is 9.47 Å². The van der Waals surface area contributed by atoms with Crippen molar-refractivity contribution in [3.05, 3.63) is 29.8 Å². The maximum Gasteiger partial charge on any atom is 0.124 e. The molecular weight excluding hydrogens is 250 g/mol. The van der Waals surface area contributed by atoms with Crippen LogP contribution in [-0.2, 0) is 4.74 Å². The van der Waals surface area contributed by atoms with E-state index < -0.39 is 0 Å². The number of benzene rings is 1. The van der Waals surface area contributed by atoms with Gasteiger partial charge in [-0.05, 0) is 33.3 Å². The molecule has 0 heterocycles. The van der Waals surface area contributed by atoms with Crippen LogP contribution in [0.2, 0.25) is 0 Å². The molecular formula is C17H29NO2. The first kappa shape index (κ1) is 17.0. The van der Waals surface area contributed by atoms with Crippen LogP contribution in [0.3, 0.4) is 0 Å². The molecule has 1 rings (SSSR count). The zero-order chi connectivity index (χ0) is 15.0. The van der Waals surface area contributed by atoms with Crippen LogP contribution in [-0.4, -0.2) is 25.8 Å². The van der Waals surface area contributed by atoms with E-state index >= 15 is 0 Å². The van der Waals surface area contributed by atoms with E-state index in [0.29, 0.717) is 0 Å². The van der Waals surface area contributed by atoms with Crippen LogP contribution in [0, 0.1) is 0 Å². The second kappa shape index (κ2) is 8.28. The van der Waals surface area contributed by atoms with Gasteiger partial charge in [-0.25, -0.2) is 0 Å². The van der Waals surface area contributed by atoms with Crippen molar-refractivity contribution < 1.29 is 9.47 Å². The Morgan fingerprint density at radius 3 is 2.50 bits per heavy atom. The summed E-state index contributed by atoms with van der Waals surface area (Å²) < 4.78 is 11.5. The van der Waals surface area contributed by atoms with Crippen LogP contribution in [0.5, 0.6) is 5.75 Å². The SMILES string of the molecule is CCCCOC(CNC(C)(C)C)c1ccccc1OC. The van der Waals surface area contributed by atoms with Crippen LogP contribution in [0.15, 0.2) is 24.3 Å². The maximum atomic E-state index is 6.06. The van der Waals surface area contributed by atoms with Crippen LogP contribution >= 0.6 is 0 Å². The average molecular weight is 279 g/mol. The van der Waals surface area contributed by atoms with E-state index in [-0.39, 0.29) is 11.6 Å². The second-order valence-electron chi connectivity index (χ2n) is 6.09. The molecule has 3 heteroatoms. The lowest BCUT2D eigenvalue weighted by Crippen LogP contribution is -2.39. The van der Waals surface area contributed by atoms with Gasteiger partial charge in [0.05, 0.1) is 13.2 Å². The molecule has 0 saturated carbocycles. The minimum atomic E-state index is 0.0249. The van der Waals surface area contributed by atoms with Gasteiger partial charge in [-0.2, -0.15) is 0 Å². The number of hydrogen-bond acceptors (Lipinski definition) is 3. The molecule has 20 heavy (non-hydrogen) atoms. The van der Waals surface area contributed by atoms with Crippen molar-refractivity contribution >= 4 is 0 Å². The van der Waals surface area contributed by atoms with Crippen LogP contribution in [0.4, 0.5) is 0 Å². The number of nitrogens with one attached hydrogen (secondary N) is 1. The summed E-state index contributed by atoms with van der Waals surface area (Å²) in [6.07, 6.45) is 2.25. The molecule has 1 atom stereocenters. The molecule has 0 saturated heterocycles. The van der Waals surface area contributed by atoms with Crippen molar-refractivity contribution in [2.24, 2.45) is 0 Å². The van der Waals surface area contributed by atoms with Gasteiger partial charge in [0.25, 0.3) is 0 Å². The van der Waals surface area contributed by atoms with Crippen molar-refractivity contribution in [1.82, 2.24) is 5.32 Å². The van der Waals surface area contributed by atoms with E-state index in [0.717, 1.165) is 37.3 Å². The first-order valence-electron chi connectivity index (χ1n) is 7.47. The van der Waals surface area contributed by atoms with E-state index in [2.05, 4.69) is 39.1 Å². The third-order valence-electron chi connectivity index (χ3n) is 3.12. The second-order valence-corrected chi connectivity index (χ2v) is 6.09. The van der Waals surface area contributed by atoms with E-state index in [9.17, 15) is 0 Å². The van der Waals surface area contributed by atoms with E-state index in [1.54, 1.807) is 7.11 Å². The summed E-state index contributed by atoms with van der Waals surface area (Å²) in [5.74, 6) is 0.893. The number of unbranched alkanes of at least 4 members (excludes halogenated alkanes) is 1.